The Balaban J connectivity index is 1.52. The standard InChI is InChI=1S/C30H34F3N3O4/c1-19(2)21-10-14-29(15-11-21)35-26(23-4-3-5-24(18-23)30(31,32)33)28(40)36(29)17-13-20-6-8-22(9-7-20)27(39)34-16-12-25(37)38/h3-9,18-19,21H,10-17H2,1-2H3,(H,34,39)(H,37,38). The average Bonchev–Trinajstić information content (AvgIpc) is 3.17. The molecular weight excluding hydrogens is 523 g/mol. The van der Waals surface area contributed by atoms with Gasteiger partial charge in [0, 0.05) is 24.2 Å². The highest BCUT2D eigenvalue weighted by molar-refractivity contribution is 6.46. The van der Waals surface area contributed by atoms with Gasteiger partial charge in [0.25, 0.3) is 11.8 Å². The third kappa shape index (κ3) is 6.54. The summed E-state index contributed by atoms with van der Waals surface area (Å²) in [6.45, 7) is 4.71. The number of halogens is 3. The van der Waals surface area contributed by atoms with Crippen molar-refractivity contribution in [3.63, 3.8) is 0 Å². The molecule has 0 radical (unpaired) electrons. The van der Waals surface area contributed by atoms with E-state index >= 15 is 0 Å². The Bertz CT molecular complexity index is 1280. The first-order valence-electron chi connectivity index (χ1n) is 13.6. The lowest BCUT2D eigenvalue weighted by Gasteiger charge is -2.42. The minimum Gasteiger partial charge on any atom is -0.481 e. The zero-order valence-electron chi connectivity index (χ0n) is 22.6. The number of carboxylic acid groups (broad SMARTS) is 1. The Morgan fingerprint density at radius 2 is 1.80 bits per heavy atom. The number of carboxylic acids is 1. The van der Waals surface area contributed by atoms with Crippen molar-refractivity contribution < 1.29 is 32.7 Å². The number of nitrogens with zero attached hydrogens (tertiary/aromatic N) is 2. The average molecular weight is 558 g/mol. The molecule has 40 heavy (non-hydrogen) atoms. The fourth-order valence-corrected chi connectivity index (χ4v) is 5.57. The summed E-state index contributed by atoms with van der Waals surface area (Å²) in [7, 11) is 0. The lowest BCUT2D eigenvalue weighted by atomic mass is 9.76. The van der Waals surface area contributed by atoms with Gasteiger partial charge in [-0.2, -0.15) is 13.2 Å². The number of carbonyl (C=O) groups excluding carboxylic acids is 2. The van der Waals surface area contributed by atoms with Crippen molar-refractivity contribution >= 4 is 23.5 Å². The molecule has 1 spiro atoms. The molecule has 0 bridgehead atoms. The van der Waals surface area contributed by atoms with Gasteiger partial charge >= 0.3 is 12.1 Å². The van der Waals surface area contributed by atoms with Gasteiger partial charge in [-0.15, -0.1) is 0 Å². The second kappa shape index (κ2) is 11.8. The number of aliphatic carboxylic acids is 1. The van der Waals surface area contributed by atoms with E-state index in [1.807, 2.05) is 0 Å². The minimum absolute atomic E-state index is 0.0287. The molecule has 0 atom stereocenters. The van der Waals surface area contributed by atoms with Crippen LogP contribution in [0.5, 0.6) is 0 Å². The Hall–Kier alpha value is -3.69. The lowest BCUT2D eigenvalue weighted by Crippen LogP contribution is -2.50. The molecule has 1 heterocycles. The number of alkyl halides is 3. The van der Waals surface area contributed by atoms with Gasteiger partial charge in [-0.3, -0.25) is 19.4 Å². The van der Waals surface area contributed by atoms with Crippen molar-refractivity contribution in [1.82, 2.24) is 10.2 Å². The van der Waals surface area contributed by atoms with E-state index in [2.05, 4.69) is 19.2 Å². The second-order valence-corrected chi connectivity index (χ2v) is 10.9. The Morgan fingerprint density at radius 1 is 1.12 bits per heavy atom. The van der Waals surface area contributed by atoms with E-state index in [1.165, 1.54) is 12.1 Å². The largest absolute Gasteiger partial charge is 0.481 e. The first-order chi connectivity index (χ1) is 18.9. The smallest absolute Gasteiger partial charge is 0.416 e. The van der Waals surface area contributed by atoms with Crippen molar-refractivity contribution in [3.05, 3.63) is 70.8 Å². The predicted molar refractivity (Wildman–Crippen MR) is 144 cm³/mol. The number of benzene rings is 2. The van der Waals surface area contributed by atoms with Gasteiger partial charge in [-0.25, -0.2) is 0 Å². The van der Waals surface area contributed by atoms with Crippen LogP contribution in [-0.4, -0.2) is 52.3 Å². The van der Waals surface area contributed by atoms with E-state index in [4.69, 9.17) is 10.1 Å². The van der Waals surface area contributed by atoms with Crippen molar-refractivity contribution in [3.8, 4) is 0 Å². The van der Waals surface area contributed by atoms with Crippen molar-refractivity contribution in [2.75, 3.05) is 13.1 Å². The number of nitrogens with one attached hydrogen (secondary N) is 1. The Morgan fingerprint density at radius 3 is 2.40 bits per heavy atom. The van der Waals surface area contributed by atoms with E-state index in [0.29, 0.717) is 43.2 Å². The molecule has 1 saturated carbocycles. The van der Waals surface area contributed by atoms with Crippen LogP contribution < -0.4 is 5.32 Å². The van der Waals surface area contributed by atoms with Gasteiger partial charge in [0.2, 0.25) is 0 Å². The summed E-state index contributed by atoms with van der Waals surface area (Å²) in [5.41, 5.74) is -0.0776. The molecule has 214 valence electrons. The van der Waals surface area contributed by atoms with Gasteiger partial charge in [0.05, 0.1) is 12.0 Å². The molecule has 2 aromatic carbocycles. The fraction of sp³-hybridized carbons (Fsp3) is 0.467. The van der Waals surface area contributed by atoms with Gasteiger partial charge in [0.1, 0.15) is 11.4 Å². The molecule has 10 heteroatoms. The van der Waals surface area contributed by atoms with E-state index in [-0.39, 0.29) is 36.1 Å². The molecule has 7 nitrogen and oxygen atoms in total. The van der Waals surface area contributed by atoms with Crippen LogP contribution in [0, 0.1) is 11.8 Å². The summed E-state index contributed by atoms with van der Waals surface area (Å²) in [6, 6.07) is 11.6. The highest BCUT2D eigenvalue weighted by Gasteiger charge is 2.49. The number of hydrogen-bond donors (Lipinski definition) is 2. The SMILES string of the molecule is CC(C)C1CCC2(CC1)N=C(c1cccc(C(F)(F)F)c1)C(=O)N2CCc1ccc(C(=O)NCCC(=O)O)cc1. The summed E-state index contributed by atoms with van der Waals surface area (Å²) in [6.07, 6.45) is -1.15. The number of carbonyl (C=O) groups is 3. The van der Waals surface area contributed by atoms with Crippen LogP contribution in [-0.2, 0) is 22.2 Å². The maximum absolute atomic E-state index is 13.7. The number of hydrogen-bond acceptors (Lipinski definition) is 4. The Labute approximate surface area is 231 Å². The molecule has 2 aromatic rings. The maximum Gasteiger partial charge on any atom is 0.416 e. The van der Waals surface area contributed by atoms with Crippen molar-refractivity contribution in [1.29, 1.82) is 0 Å². The van der Waals surface area contributed by atoms with Crippen LogP contribution in [0.25, 0.3) is 0 Å². The van der Waals surface area contributed by atoms with E-state index < -0.39 is 23.4 Å². The normalized spacial score (nSPS) is 21.1. The molecule has 2 amide bonds. The quantitative estimate of drug-likeness (QED) is 0.436. The van der Waals surface area contributed by atoms with Gasteiger partial charge in [-0.05, 0) is 73.8 Å². The zero-order chi connectivity index (χ0) is 29.1. The fourth-order valence-electron chi connectivity index (χ4n) is 5.57. The first-order valence-corrected chi connectivity index (χ1v) is 13.6. The van der Waals surface area contributed by atoms with E-state index in [1.54, 1.807) is 29.2 Å². The van der Waals surface area contributed by atoms with Crippen LogP contribution in [0.3, 0.4) is 0 Å². The number of amides is 2. The molecule has 0 saturated heterocycles. The van der Waals surface area contributed by atoms with Gasteiger partial charge < -0.3 is 15.3 Å². The molecule has 1 aliphatic heterocycles. The van der Waals surface area contributed by atoms with E-state index in [0.717, 1.165) is 30.5 Å². The summed E-state index contributed by atoms with van der Waals surface area (Å²) in [5, 5.41) is 11.3. The number of aliphatic imine (C=N–C) groups is 1. The molecule has 2 N–H and O–H groups in total. The first kappa shape index (κ1) is 29.3. The molecule has 0 unspecified atom stereocenters. The summed E-state index contributed by atoms with van der Waals surface area (Å²) < 4.78 is 40.2. The van der Waals surface area contributed by atoms with Crippen LogP contribution in [0.15, 0.2) is 53.5 Å². The Kier molecular flexibility index (Phi) is 8.65. The molecule has 1 aliphatic carbocycles. The van der Waals surface area contributed by atoms with Crippen LogP contribution in [0.2, 0.25) is 0 Å². The highest BCUT2D eigenvalue weighted by Crippen LogP contribution is 2.44. The van der Waals surface area contributed by atoms with Crippen molar-refractivity contribution in [2.45, 2.75) is 64.2 Å². The lowest BCUT2D eigenvalue weighted by molar-refractivity contribution is -0.138. The zero-order valence-corrected chi connectivity index (χ0v) is 22.6. The minimum atomic E-state index is -4.52. The molecule has 4 rings (SSSR count). The predicted octanol–water partition coefficient (Wildman–Crippen LogP) is 5.33. The third-order valence-electron chi connectivity index (χ3n) is 7.97. The molecular formula is C30H34F3N3O4. The van der Waals surface area contributed by atoms with Crippen LogP contribution in [0.1, 0.15) is 73.0 Å². The third-order valence-corrected chi connectivity index (χ3v) is 7.97. The summed E-state index contributed by atoms with van der Waals surface area (Å²) in [5.74, 6) is -0.735. The van der Waals surface area contributed by atoms with Crippen LogP contribution in [0.4, 0.5) is 13.2 Å². The van der Waals surface area contributed by atoms with Gasteiger partial charge in [-0.1, -0.05) is 38.1 Å². The summed E-state index contributed by atoms with van der Waals surface area (Å²) >= 11 is 0. The van der Waals surface area contributed by atoms with Gasteiger partial charge in [0.15, 0.2) is 0 Å². The molecule has 1 fully saturated rings. The highest BCUT2D eigenvalue weighted by atomic mass is 19.4. The van der Waals surface area contributed by atoms with Crippen LogP contribution >= 0.6 is 0 Å². The van der Waals surface area contributed by atoms with Crippen molar-refractivity contribution in [2.24, 2.45) is 16.8 Å². The second-order valence-electron chi connectivity index (χ2n) is 10.9. The monoisotopic (exact) mass is 557 g/mol. The van der Waals surface area contributed by atoms with E-state index in [9.17, 15) is 27.6 Å². The molecule has 2 aliphatic rings. The maximum atomic E-state index is 13.7. The number of rotatable bonds is 9. The molecule has 0 aromatic heterocycles. The topological polar surface area (TPSA) is 99.1 Å². The summed E-state index contributed by atoms with van der Waals surface area (Å²) in [4.78, 5) is 43.2.